The van der Waals surface area contributed by atoms with Gasteiger partial charge in [-0.2, -0.15) is 0 Å². The van der Waals surface area contributed by atoms with Crippen LogP contribution < -0.4 is 0 Å². The zero-order valence-electron chi connectivity index (χ0n) is 10.9. The van der Waals surface area contributed by atoms with E-state index in [1.165, 1.54) is 37.7 Å². The van der Waals surface area contributed by atoms with Crippen molar-refractivity contribution in [2.75, 3.05) is 0 Å². The number of ether oxygens (including phenoxy) is 1. The van der Waals surface area contributed by atoms with E-state index in [4.69, 9.17) is 4.74 Å². The van der Waals surface area contributed by atoms with Crippen LogP contribution in [0.15, 0.2) is 12.2 Å². The first-order chi connectivity index (χ1) is 7.48. The second kappa shape index (κ2) is 3.13. The van der Waals surface area contributed by atoms with Crippen LogP contribution in [0.2, 0.25) is 0 Å². The molecule has 0 bridgehead atoms. The Morgan fingerprint density at radius 3 is 2.75 bits per heavy atom. The van der Waals surface area contributed by atoms with Crippen molar-refractivity contribution in [2.45, 2.75) is 64.1 Å². The lowest BCUT2D eigenvalue weighted by atomic mass is 9.79. The molecular formula is C15H24O. The molecule has 0 amide bonds. The molecule has 1 nitrogen and oxygen atoms in total. The van der Waals surface area contributed by atoms with E-state index >= 15 is 0 Å². The SMILES string of the molecule is C=C(C)[C@@H]1CCC2(C)OC23CC[C@H](C)C3C1. The molecule has 1 saturated heterocycles. The van der Waals surface area contributed by atoms with Gasteiger partial charge in [-0.25, -0.2) is 0 Å². The average Bonchev–Trinajstić information content (AvgIpc) is 2.71. The van der Waals surface area contributed by atoms with Gasteiger partial charge in [0.2, 0.25) is 0 Å². The van der Waals surface area contributed by atoms with Crippen molar-refractivity contribution < 1.29 is 4.74 Å². The molecule has 0 N–H and O–H groups in total. The zero-order chi connectivity index (χ0) is 11.6. The van der Waals surface area contributed by atoms with Crippen molar-refractivity contribution in [3.8, 4) is 0 Å². The van der Waals surface area contributed by atoms with E-state index in [-0.39, 0.29) is 11.2 Å². The van der Waals surface area contributed by atoms with Crippen molar-refractivity contribution in [2.24, 2.45) is 17.8 Å². The summed E-state index contributed by atoms with van der Waals surface area (Å²) in [7, 11) is 0. The van der Waals surface area contributed by atoms with Crippen molar-refractivity contribution in [1.82, 2.24) is 0 Å². The quantitative estimate of drug-likeness (QED) is 0.482. The third kappa shape index (κ3) is 1.21. The van der Waals surface area contributed by atoms with Crippen LogP contribution in [0.25, 0.3) is 0 Å². The molecule has 16 heavy (non-hydrogen) atoms. The van der Waals surface area contributed by atoms with Gasteiger partial charge in [-0.3, -0.25) is 0 Å². The third-order valence-corrected chi connectivity index (χ3v) is 5.72. The summed E-state index contributed by atoms with van der Waals surface area (Å²) in [6.45, 7) is 11.1. The topological polar surface area (TPSA) is 12.5 Å². The molecule has 2 aliphatic carbocycles. The van der Waals surface area contributed by atoms with E-state index in [1.807, 2.05) is 0 Å². The highest BCUT2D eigenvalue weighted by Gasteiger charge is 2.73. The number of allylic oxidation sites excluding steroid dienone is 1. The first-order valence-corrected chi connectivity index (χ1v) is 6.84. The average molecular weight is 220 g/mol. The molecule has 1 heterocycles. The normalized spacial score (nSPS) is 55.1. The lowest BCUT2D eigenvalue weighted by molar-refractivity contribution is 0.178. The van der Waals surface area contributed by atoms with Crippen LogP contribution in [-0.2, 0) is 4.74 Å². The molecule has 3 rings (SSSR count). The molecule has 3 fully saturated rings. The Bertz CT molecular complexity index is 330. The summed E-state index contributed by atoms with van der Waals surface area (Å²) in [5, 5.41) is 0. The Morgan fingerprint density at radius 1 is 1.31 bits per heavy atom. The molecule has 3 unspecified atom stereocenters. The summed E-state index contributed by atoms with van der Waals surface area (Å²) >= 11 is 0. The van der Waals surface area contributed by atoms with Crippen LogP contribution in [0.1, 0.15) is 52.9 Å². The van der Waals surface area contributed by atoms with Gasteiger partial charge in [0.15, 0.2) is 0 Å². The highest BCUT2D eigenvalue weighted by atomic mass is 16.6. The van der Waals surface area contributed by atoms with Crippen molar-refractivity contribution in [3.05, 3.63) is 12.2 Å². The van der Waals surface area contributed by atoms with E-state index in [0.717, 1.165) is 17.8 Å². The zero-order valence-corrected chi connectivity index (χ0v) is 10.9. The molecule has 1 spiro atoms. The Kier molecular flexibility index (Phi) is 2.12. The second-order valence-corrected chi connectivity index (χ2v) is 6.66. The van der Waals surface area contributed by atoms with Gasteiger partial charge in [-0.15, -0.1) is 0 Å². The smallest absolute Gasteiger partial charge is 0.101 e. The summed E-state index contributed by atoms with van der Waals surface area (Å²) in [6.07, 6.45) is 6.53. The Balaban J connectivity index is 1.89. The maximum atomic E-state index is 6.23. The number of epoxide rings is 1. The highest BCUT2D eigenvalue weighted by molar-refractivity contribution is 5.22. The number of rotatable bonds is 1. The maximum Gasteiger partial charge on any atom is 0.101 e. The molecule has 0 radical (unpaired) electrons. The van der Waals surface area contributed by atoms with Crippen LogP contribution in [-0.4, -0.2) is 11.2 Å². The fraction of sp³-hybridized carbons (Fsp3) is 0.867. The van der Waals surface area contributed by atoms with Gasteiger partial charge >= 0.3 is 0 Å². The van der Waals surface area contributed by atoms with Gasteiger partial charge in [0, 0.05) is 0 Å². The fourth-order valence-electron chi connectivity index (χ4n) is 4.45. The number of hydrogen-bond acceptors (Lipinski definition) is 1. The Labute approximate surface area is 99.3 Å². The van der Waals surface area contributed by atoms with Gasteiger partial charge in [0.1, 0.15) is 5.60 Å². The highest BCUT2D eigenvalue weighted by Crippen LogP contribution is 2.67. The summed E-state index contributed by atoms with van der Waals surface area (Å²) < 4.78 is 6.23. The van der Waals surface area contributed by atoms with E-state index < -0.39 is 0 Å². The van der Waals surface area contributed by atoms with Gasteiger partial charge in [0.25, 0.3) is 0 Å². The van der Waals surface area contributed by atoms with E-state index in [1.54, 1.807) is 0 Å². The van der Waals surface area contributed by atoms with Gasteiger partial charge in [-0.05, 0) is 63.7 Å². The first kappa shape index (κ1) is 10.8. The molecule has 0 aromatic heterocycles. The molecular weight excluding hydrogens is 196 g/mol. The third-order valence-electron chi connectivity index (χ3n) is 5.72. The Morgan fingerprint density at radius 2 is 2.06 bits per heavy atom. The van der Waals surface area contributed by atoms with Gasteiger partial charge in [0.05, 0.1) is 5.60 Å². The lowest BCUT2D eigenvalue weighted by Crippen LogP contribution is -2.28. The predicted octanol–water partition coefficient (Wildman–Crippen LogP) is 3.94. The minimum absolute atomic E-state index is 0.215. The van der Waals surface area contributed by atoms with Crippen molar-refractivity contribution >= 4 is 0 Å². The largest absolute Gasteiger partial charge is 0.363 e. The van der Waals surface area contributed by atoms with Crippen LogP contribution in [0.4, 0.5) is 0 Å². The molecule has 0 aromatic carbocycles. The maximum absolute atomic E-state index is 6.23. The minimum atomic E-state index is 0.215. The van der Waals surface area contributed by atoms with Gasteiger partial charge in [-0.1, -0.05) is 19.1 Å². The van der Waals surface area contributed by atoms with E-state index in [2.05, 4.69) is 27.4 Å². The number of hydrogen-bond donors (Lipinski definition) is 0. The lowest BCUT2D eigenvalue weighted by Gasteiger charge is -2.24. The van der Waals surface area contributed by atoms with Crippen LogP contribution in [0.3, 0.4) is 0 Å². The standard InChI is InChI=1S/C15H24O/c1-10(2)12-6-7-14(4)15(16-14)8-5-11(3)13(15)9-12/h11-13H,1,5-9H2,2-4H3/t11-,12+,13?,14?,15?/m0/s1. The van der Waals surface area contributed by atoms with Crippen molar-refractivity contribution in [3.63, 3.8) is 0 Å². The fourth-order valence-corrected chi connectivity index (χ4v) is 4.45. The van der Waals surface area contributed by atoms with Gasteiger partial charge < -0.3 is 4.74 Å². The minimum Gasteiger partial charge on any atom is -0.363 e. The van der Waals surface area contributed by atoms with E-state index in [0.29, 0.717) is 0 Å². The summed E-state index contributed by atoms with van der Waals surface area (Å²) in [6, 6.07) is 0. The molecule has 90 valence electrons. The molecule has 2 saturated carbocycles. The van der Waals surface area contributed by atoms with E-state index in [9.17, 15) is 0 Å². The predicted molar refractivity (Wildman–Crippen MR) is 66.3 cm³/mol. The van der Waals surface area contributed by atoms with Crippen LogP contribution in [0.5, 0.6) is 0 Å². The van der Waals surface area contributed by atoms with Crippen LogP contribution >= 0.6 is 0 Å². The molecule has 1 heteroatoms. The first-order valence-electron chi connectivity index (χ1n) is 6.84. The van der Waals surface area contributed by atoms with Crippen molar-refractivity contribution in [1.29, 1.82) is 0 Å². The van der Waals surface area contributed by atoms with Crippen LogP contribution in [0, 0.1) is 17.8 Å². The Hall–Kier alpha value is -0.300. The summed E-state index contributed by atoms with van der Waals surface area (Å²) in [4.78, 5) is 0. The summed E-state index contributed by atoms with van der Waals surface area (Å²) in [5.41, 5.74) is 1.88. The second-order valence-electron chi connectivity index (χ2n) is 6.66. The molecule has 3 aliphatic rings. The molecule has 0 aromatic rings. The monoisotopic (exact) mass is 220 g/mol. The summed E-state index contributed by atoms with van der Waals surface area (Å²) in [5.74, 6) is 2.39. The molecule has 5 atom stereocenters. The molecule has 1 aliphatic heterocycles.